The Hall–Kier alpha value is -2.40. The Morgan fingerprint density at radius 2 is 2.00 bits per heavy atom. The van der Waals surface area contributed by atoms with Gasteiger partial charge in [0.05, 0.1) is 13.2 Å². The van der Waals surface area contributed by atoms with Crippen LogP contribution in [0, 0.1) is 5.82 Å². The molecule has 2 aromatic carbocycles. The summed E-state index contributed by atoms with van der Waals surface area (Å²) in [5.74, 6) is -0.263. The molecular weight excluding hydrogens is 331 g/mol. The standard InChI is InChI=1S/C21H25FN2O2/c1-21(2,17-9-6-10-18(22)13-17)15-23-20(25)24-11-12-26-19(14-24)16-7-4-3-5-8-16/h3-10,13,19H,11-12,14-15H2,1-2H3,(H,23,25). The first kappa shape index (κ1) is 18.4. The second-order valence-electron chi connectivity index (χ2n) is 7.27. The lowest BCUT2D eigenvalue weighted by atomic mass is 9.84. The molecule has 0 bridgehead atoms. The summed E-state index contributed by atoms with van der Waals surface area (Å²) in [4.78, 5) is 14.4. The van der Waals surface area contributed by atoms with Gasteiger partial charge in [0.25, 0.3) is 0 Å². The number of nitrogens with zero attached hydrogens (tertiary/aromatic N) is 1. The maximum Gasteiger partial charge on any atom is 0.317 e. The number of carbonyl (C=O) groups is 1. The van der Waals surface area contributed by atoms with E-state index in [1.807, 2.05) is 50.2 Å². The van der Waals surface area contributed by atoms with Gasteiger partial charge < -0.3 is 15.0 Å². The van der Waals surface area contributed by atoms with E-state index < -0.39 is 0 Å². The zero-order valence-electron chi connectivity index (χ0n) is 15.2. The van der Waals surface area contributed by atoms with Crippen molar-refractivity contribution in [1.29, 1.82) is 0 Å². The SMILES string of the molecule is CC(C)(CNC(=O)N1CCOC(c2ccccc2)C1)c1cccc(F)c1. The van der Waals surface area contributed by atoms with Crippen molar-refractivity contribution in [2.24, 2.45) is 0 Å². The lowest BCUT2D eigenvalue weighted by Gasteiger charge is -2.34. The molecule has 2 amide bonds. The number of halogens is 1. The van der Waals surface area contributed by atoms with Crippen LogP contribution in [0.4, 0.5) is 9.18 Å². The average molecular weight is 356 g/mol. The van der Waals surface area contributed by atoms with E-state index >= 15 is 0 Å². The van der Waals surface area contributed by atoms with Gasteiger partial charge in [-0.15, -0.1) is 0 Å². The highest BCUT2D eigenvalue weighted by atomic mass is 19.1. The molecule has 5 heteroatoms. The molecule has 1 aliphatic heterocycles. The fourth-order valence-corrected chi connectivity index (χ4v) is 3.12. The van der Waals surface area contributed by atoms with Crippen LogP contribution in [-0.2, 0) is 10.2 Å². The molecule has 2 aromatic rings. The summed E-state index contributed by atoms with van der Waals surface area (Å²) in [6, 6.07) is 16.3. The summed E-state index contributed by atoms with van der Waals surface area (Å²) in [6.07, 6.45) is -0.105. The van der Waals surface area contributed by atoms with E-state index in [9.17, 15) is 9.18 Å². The van der Waals surface area contributed by atoms with Crippen molar-refractivity contribution in [2.75, 3.05) is 26.2 Å². The molecule has 0 radical (unpaired) electrons. The van der Waals surface area contributed by atoms with E-state index in [2.05, 4.69) is 5.32 Å². The number of ether oxygens (including phenoxy) is 1. The zero-order valence-corrected chi connectivity index (χ0v) is 15.2. The van der Waals surface area contributed by atoms with Gasteiger partial charge in [-0.2, -0.15) is 0 Å². The number of benzene rings is 2. The Morgan fingerprint density at radius 1 is 1.23 bits per heavy atom. The fraction of sp³-hybridized carbons (Fsp3) is 0.381. The van der Waals surface area contributed by atoms with E-state index in [0.717, 1.165) is 11.1 Å². The van der Waals surface area contributed by atoms with Gasteiger partial charge >= 0.3 is 6.03 Å². The van der Waals surface area contributed by atoms with Crippen molar-refractivity contribution < 1.29 is 13.9 Å². The molecule has 0 saturated carbocycles. The van der Waals surface area contributed by atoms with Gasteiger partial charge in [-0.25, -0.2) is 9.18 Å². The monoisotopic (exact) mass is 356 g/mol. The maximum absolute atomic E-state index is 13.5. The zero-order chi connectivity index (χ0) is 18.6. The van der Waals surface area contributed by atoms with Crippen LogP contribution in [0.25, 0.3) is 0 Å². The van der Waals surface area contributed by atoms with Crippen LogP contribution in [0.3, 0.4) is 0 Å². The molecule has 1 N–H and O–H groups in total. The van der Waals surface area contributed by atoms with Gasteiger partial charge in [0, 0.05) is 18.5 Å². The smallest absolute Gasteiger partial charge is 0.317 e. The van der Waals surface area contributed by atoms with E-state index in [1.54, 1.807) is 11.0 Å². The van der Waals surface area contributed by atoms with Gasteiger partial charge in [-0.05, 0) is 23.3 Å². The van der Waals surface area contributed by atoms with Crippen LogP contribution in [0.5, 0.6) is 0 Å². The number of hydrogen-bond acceptors (Lipinski definition) is 2. The van der Waals surface area contributed by atoms with E-state index in [-0.39, 0.29) is 23.4 Å². The Labute approximate surface area is 154 Å². The first-order valence-electron chi connectivity index (χ1n) is 8.91. The van der Waals surface area contributed by atoms with Crippen molar-refractivity contribution in [1.82, 2.24) is 10.2 Å². The van der Waals surface area contributed by atoms with Crippen LogP contribution >= 0.6 is 0 Å². The van der Waals surface area contributed by atoms with Gasteiger partial charge in [-0.3, -0.25) is 0 Å². The molecule has 0 spiro atoms. The highest BCUT2D eigenvalue weighted by Gasteiger charge is 2.27. The number of morpholine rings is 1. The van der Waals surface area contributed by atoms with Crippen molar-refractivity contribution in [3.8, 4) is 0 Å². The predicted molar refractivity (Wildman–Crippen MR) is 99.5 cm³/mol. The van der Waals surface area contributed by atoms with E-state index in [4.69, 9.17) is 4.74 Å². The van der Waals surface area contributed by atoms with Crippen molar-refractivity contribution >= 4 is 6.03 Å². The summed E-state index contributed by atoms with van der Waals surface area (Å²) in [6.45, 7) is 6.02. The van der Waals surface area contributed by atoms with Crippen LogP contribution in [0.2, 0.25) is 0 Å². The van der Waals surface area contributed by atoms with Crippen LogP contribution < -0.4 is 5.32 Å². The molecule has 1 unspecified atom stereocenters. The number of amides is 2. The first-order valence-corrected chi connectivity index (χ1v) is 8.91. The minimum atomic E-state index is -0.358. The summed E-state index contributed by atoms with van der Waals surface area (Å²) in [5.41, 5.74) is 1.58. The van der Waals surface area contributed by atoms with Crippen LogP contribution in [-0.4, -0.2) is 37.2 Å². The van der Waals surface area contributed by atoms with Gasteiger partial charge in [0.15, 0.2) is 0 Å². The molecule has 1 heterocycles. The lowest BCUT2D eigenvalue weighted by molar-refractivity contribution is -0.0155. The third-order valence-electron chi connectivity index (χ3n) is 4.81. The quantitative estimate of drug-likeness (QED) is 0.903. The Kier molecular flexibility index (Phi) is 5.57. The predicted octanol–water partition coefficient (Wildman–Crippen LogP) is 3.89. The molecule has 1 fully saturated rings. The normalized spacial score (nSPS) is 17.8. The third-order valence-corrected chi connectivity index (χ3v) is 4.81. The van der Waals surface area contributed by atoms with Crippen molar-refractivity contribution in [3.05, 3.63) is 71.5 Å². The second kappa shape index (κ2) is 7.87. The van der Waals surface area contributed by atoms with E-state index in [0.29, 0.717) is 26.2 Å². The van der Waals surface area contributed by atoms with Crippen molar-refractivity contribution in [2.45, 2.75) is 25.4 Å². The topological polar surface area (TPSA) is 41.6 Å². The summed E-state index contributed by atoms with van der Waals surface area (Å²) in [5, 5.41) is 2.99. The molecule has 1 aliphatic rings. The minimum Gasteiger partial charge on any atom is -0.370 e. The fourth-order valence-electron chi connectivity index (χ4n) is 3.12. The number of nitrogens with one attached hydrogen (secondary N) is 1. The Morgan fingerprint density at radius 3 is 2.73 bits per heavy atom. The number of hydrogen-bond donors (Lipinski definition) is 1. The van der Waals surface area contributed by atoms with Gasteiger partial charge in [0.1, 0.15) is 11.9 Å². The molecule has 138 valence electrons. The molecule has 0 aliphatic carbocycles. The summed E-state index contributed by atoms with van der Waals surface area (Å²) < 4.78 is 19.3. The Balaban J connectivity index is 1.59. The number of carbonyl (C=O) groups excluding carboxylic acids is 1. The van der Waals surface area contributed by atoms with Gasteiger partial charge in [-0.1, -0.05) is 56.3 Å². The molecule has 4 nitrogen and oxygen atoms in total. The molecule has 1 atom stereocenters. The molecule has 26 heavy (non-hydrogen) atoms. The van der Waals surface area contributed by atoms with Crippen LogP contribution in [0.15, 0.2) is 54.6 Å². The largest absolute Gasteiger partial charge is 0.370 e. The maximum atomic E-state index is 13.5. The molecule has 0 aromatic heterocycles. The third kappa shape index (κ3) is 4.41. The second-order valence-corrected chi connectivity index (χ2v) is 7.27. The number of urea groups is 1. The van der Waals surface area contributed by atoms with E-state index in [1.165, 1.54) is 12.1 Å². The van der Waals surface area contributed by atoms with Crippen molar-refractivity contribution in [3.63, 3.8) is 0 Å². The molecular formula is C21H25FN2O2. The molecule has 3 rings (SSSR count). The number of rotatable bonds is 4. The highest BCUT2D eigenvalue weighted by molar-refractivity contribution is 5.74. The minimum absolute atomic E-state index is 0.105. The summed E-state index contributed by atoms with van der Waals surface area (Å²) >= 11 is 0. The molecule has 1 saturated heterocycles. The average Bonchev–Trinajstić information content (AvgIpc) is 2.67. The summed E-state index contributed by atoms with van der Waals surface area (Å²) in [7, 11) is 0. The van der Waals surface area contributed by atoms with Crippen LogP contribution in [0.1, 0.15) is 31.1 Å². The highest BCUT2D eigenvalue weighted by Crippen LogP contribution is 2.24. The Bertz CT molecular complexity index is 749. The first-order chi connectivity index (χ1) is 12.5. The lowest BCUT2D eigenvalue weighted by Crippen LogP contribution is -2.49. The van der Waals surface area contributed by atoms with Gasteiger partial charge in [0.2, 0.25) is 0 Å².